The summed E-state index contributed by atoms with van der Waals surface area (Å²) < 4.78 is 0. The minimum atomic E-state index is 0.940. The Morgan fingerprint density at radius 1 is 1.33 bits per heavy atom. The van der Waals surface area contributed by atoms with E-state index >= 15 is 0 Å². The SMILES string of the molecule is C/C=C/C/C=C/C1CC1. The molecule has 1 saturated carbocycles. The van der Waals surface area contributed by atoms with Crippen LogP contribution in [0.5, 0.6) is 0 Å². The maximum Gasteiger partial charge on any atom is -0.0169 e. The van der Waals surface area contributed by atoms with Gasteiger partial charge in [-0.2, -0.15) is 0 Å². The molecule has 1 aliphatic carbocycles. The molecule has 0 heterocycles. The van der Waals surface area contributed by atoms with Crippen LogP contribution in [0, 0.1) is 5.92 Å². The Kier molecular flexibility index (Phi) is 2.56. The second-order valence-electron chi connectivity index (χ2n) is 2.57. The maximum absolute atomic E-state index is 2.33. The van der Waals surface area contributed by atoms with Crippen LogP contribution >= 0.6 is 0 Å². The molecule has 0 aromatic carbocycles. The fraction of sp³-hybridized carbons (Fsp3) is 0.556. The Labute approximate surface area is 57.3 Å². The highest BCUT2D eigenvalue weighted by molar-refractivity contribution is 4.99. The zero-order valence-corrected chi connectivity index (χ0v) is 6.01. The number of rotatable bonds is 3. The molecule has 0 N–H and O–H groups in total. The maximum atomic E-state index is 2.33. The molecule has 0 unspecified atom stereocenters. The Hall–Kier alpha value is -0.520. The van der Waals surface area contributed by atoms with Crippen LogP contribution in [0.25, 0.3) is 0 Å². The Morgan fingerprint density at radius 2 is 2.11 bits per heavy atom. The van der Waals surface area contributed by atoms with Crippen molar-refractivity contribution in [3.05, 3.63) is 24.3 Å². The smallest absolute Gasteiger partial charge is 0.0169 e. The third-order valence-corrected chi connectivity index (χ3v) is 1.54. The standard InChI is InChI=1S/C9H14/c1-2-3-4-5-6-9-7-8-9/h2-3,5-6,9H,4,7-8H2,1H3/b3-2+,6-5+. The molecule has 1 fully saturated rings. The first kappa shape index (κ1) is 6.60. The largest absolute Gasteiger partial charge is 0.0914 e. The first-order chi connectivity index (χ1) is 4.43. The van der Waals surface area contributed by atoms with Crippen molar-refractivity contribution in [3.63, 3.8) is 0 Å². The van der Waals surface area contributed by atoms with E-state index in [2.05, 4.69) is 31.2 Å². The Bertz CT molecular complexity index is 116. The van der Waals surface area contributed by atoms with Gasteiger partial charge in [0.15, 0.2) is 0 Å². The van der Waals surface area contributed by atoms with Gasteiger partial charge in [0.1, 0.15) is 0 Å². The first-order valence-corrected chi connectivity index (χ1v) is 3.71. The molecule has 0 nitrogen and oxygen atoms in total. The molecule has 0 spiro atoms. The highest BCUT2D eigenvalue weighted by atomic mass is 14.2. The number of allylic oxidation sites excluding steroid dienone is 4. The average molecular weight is 122 g/mol. The van der Waals surface area contributed by atoms with E-state index in [9.17, 15) is 0 Å². The molecule has 0 saturated heterocycles. The van der Waals surface area contributed by atoms with Crippen molar-refractivity contribution in [1.29, 1.82) is 0 Å². The summed E-state index contributed by atoms with van der Waals surface area (Å²) in [5, 5.41) is 0. The molecule has 0 aliphatic heterocycles. The third kappa shape index (κ3) is 3.12. The first-order valence-electron chi connectivity index (χ1n) is 3.71. The van der Waals surface area contributed by atoms with Crippen LogP contribution < -0.4 is 0 Å². The van der Waals surface area contributed by atoms with Gasteiger partial charge in [-0.05, 0) is 32.1 Å². The minimum absolute atomic E-state index is 0.940. The van der Waals surface area contributed by atoms with Gasteiger partial charge >= 0.3 is 0 Å². The Morgan fingerprint density at radius 3 is 2.67 bits per heavy atom. The molecule has 0 atom stereocenters. The van der Waals surface area contributed by atoms with Crippen LogP contribution in [0.3, 0.4) is 0 Å². The van der Waals surface area contributed by atoms with Gasteiger partial charge in [0.05, 0.1) is 0 Å². The molecule has 0 radical (unpaired) electrons. The lowest BCUT2D eigenvalue weighted by molar-refractivity contribution is 1.11. The Balaban J connectivity index is 2.01. The molecular weight excluding hydrogens is 108 g/mol. The monoisotopic (exact) mass is 122 g/mol. The van der Waals surface area contributed by atoms with E-state index in [1.54, 1.807) is 0 Å². The molecule has 50 valence electrons. The van der Waals surface area contributed by atoms with E-state index in [-0.39, 0.29) is 0 Å². The predicted octanol–water partition coefficient (Wildman–Crippen LogP) is 2.92. The van der Waals surface area contributed by atoms with Crippen molar-refractivity contribution in [2.45, 2.75) is 26.2 Å². The topological polar surface area (TPSA) is 0 Å². The molecular formula is C9H14. The van der Waals surface area contributed by atoms with Gasteiger partial charge in [0.2, 0.25) is 0 Å². The van der Waals surface area contributed by atoms with E-state index in [1.165, 1.54) is 12.8 Å². The second-order valence-corrected chi connectivity index (χ2v) is 2.57. The van der Waals surface area contributed by atoms with E-state index in [0.717, 1.165) is 12.3 Å². The summed E-state index contributed by atoms with van der Waals surface area (Å²) in [5.74, 6) is 0.940. The van der Waals surface area contributed by atoms with Crippen LogP contribution in [0.4, 0.5) is 0 Å². The minimum Gasteiger partial charge on any atom is -0.0914 e. The molecule has 0 amide bonds. The van der Waals surface area contributed by atoms with Gasteiger partial charge in [0.25, 0.3) is 0 Å². The summed E-state index contributed by atoms with van der Waals surface area (Å²) in [7, 11) is 0. The van der Waals surface area contributed by atoms with Gasteiger partial charge in [-0.1, -0.05) is 24.3 Å². The molecule has 1 rings (SSSR count). The van der Waals surface area contributed by atoms with E-state index < -0.39 is 0 Å². The van der Waals surface area contributed by atoms with Crippen LogP contribution in [0.15, 0.2) is 24.3 Å². The lowest BCUT2D eigenvalue weighted by Crippen LogP contribution is -1.61. The lowest BCUT2D eigenvalue weighted by atomic mass is 10.3. The zero-order valence-electron chi connectivity index (χ0n) is 6.01. The molecule has 0 heteroatoms. The second kappa shape index (κ2) is 3.49. The van der Waals surface area contributed by atoms with Gasteiger partial charge < -0.3 is 0 Å². The highest BCUT2D eigenvalue weighted by Crippen LogP contribution is 2.30. The van der Waals surface area contributed by atoms with Crippen LogP contribution in [0.2, 0.25) is 0 Å². The fourth-order valence-electron chi connectivity index (χ4n) is 0.774. The van der Waals surface area contributed by atoms with Crippen molar-refractivity contribution >= 4 is 0 Å². The van der Waals surface area contributed by atoms with Crippen molar-refractivity contribution in [2.24, 2.45) is 5.92 Å². The van der Waals surface area contributed by atoms with Crippen LogP contribution in [-0.4, -0.2) is 0 Å². The van der Waals surface area contributed by atoms with Crippen molar-refractivity contribution < 1.29 is 0 Å². The fourth-order valence-corrected chi connectivity index (χ4v) is 0.774. The summed E-state index contributed by atoms with van der Waals surface area (Å²) in [6.45, 7) is 2.06. The summed E-state index contributed by atoms with van der Waals surface area (Å²) in [5.41, 5.74) is 0. The van der Waals surface area contributed by atoms with E-state index in [4.69, 9.17) is 0 Å². The van der Waals surface area contributed by atoms with Gasteiger partial charge in [-0.3, -0.25) is 0 Å². The van der Waals surface area contributed by atoms with Gasteiger partial charge in [0, 0.05) is 0 Å². The predicted molar refractivity (Wildman–Crippen MR) is 41.3 cm³/mol. The summed E-state index contributed by atoms with van der Waals surface area (Å²) in [6, 6.07) is 0. The van der Waals surface area contributed by atoms with Crippen LogP contribution in [0.1, 0.15) is 26.2 Å². The summed E-state index contributed by atoms with van der Waals surface area (Å²) in [4.78, 5) is 0. The van der Waals surface area contributed by atoms with Crippen LogP contribution in [-0.2, 0) is 0 Å². The quantitative estimate of drug-likeness (QED) is 0.505. The zero-order chi connectivity index (χ0) is 6.53. The third-order valence-electron chi connectivity index (χ3n) is 1.54. The molecule has 0 aromatic rings. The lowest BCUT2D eigenvalue weighted by Gasteiger charge is -1.79. The summed E-state index contributed by atoms with van der Waals surface area (Å²) in [6.07, 6.45) is 12.8. The molecule has 1 aliphatic rings. The van der Waals surface area contributed by atoms with Crippen molar-refractivity contribution in [3.8, 4) is 0 Å². The van der Waals surface area contributed by atoms with Gasteiger partial charge in [-0.15, -0.1) is 0 Å². The van der Waals surface area contributed by atoms with E-state index in [1.807, 2.05) is 0 Å². The summed E-state index contributed by atoms with van der Waals surface area (Å²) >= 11 is 0. The highest BCUT2D eigenvalue weighted by Gasteiger charge is 2.16. The number of hydrogen-bond acceptors (Lipinski definition) is 0. The van der Waals surface area contributed by atoms with Crippen molar-refractivity contribution in [2.75, 3.05) is 0 Å². The van der Waals surface area contributed by atoms with Crippen molar-refractivity contribution in [1.82, 2.24) is 0 Å². The molecule has 0 bridgehead atoms. The number of hydrogen-bond donors (Lipinski definition) is 0. The average Bonchev–Trinajstić information content (AvgIpc) is 2.63. The molecule has 9 heavy (non-hydrogen) atoms. The van der Waals surface area contributed by atoms with E-state index in [0.29, 0.717) is 0 Å². The molecule has 0 aromatic heterocycles. The van der Waals surface area contributed by atoms with Gasteiger partial charge in [-0.25, -0.2) is 0 Å². The normalized spacial score (nSPS) is 20.1.